The Labute approximate surface area is 123 Å². The van der Waals surface area contributed by atoms with Crippen LogP contribution < -0.4 is 0 Å². The van der Waals surface area contributed by atoms with Gasteiger partial charge in [0, 0.05) is 25.2 Å². The van der Waals surface area contributed by atoms with Gasteiger partial charge in [-0.3, -0.25) is 9.59 Å². The van der Waals surface area contributed by atoms with Crippen LogP contribution in [0.5, 0.6) is 0 Å². The van der Waals surface area contributed by atoms with Gasteiger partial charge in [-0.1, -0.05) is 11.6 Å². The molecule has 0 N–H and O–H groups in total. The molecule has 0 unspecified atom stereocenters. The molecule has 6 heteroatoms. The van der Waals surface area contributed by atoms with Crippen molar-refractivity contribution in [3.63, 3.8) is 0 Å². The molecule has 1 aromatic rings. The molecular weight excluding hydrogens is 283 g/mol. The van der Waals surface area contributed by atoms with E-state index in [-0.39, 0.29) is 23.0 Å². The number of hydrogen-bond acceptors (Lipinski definition) is 2. The number of rotatable bonds is 5. The predicted octanol–water partition coefficient (Wildman–Crippen LogP) is 2.42. The first kappa shape index (κ1) is 16.4. The van der Waals surface area contributed by atoms with Crippen molar-refractivity contribution in [3.8, 4) is 0 Å². The summed E-state index contributed by atoms with van der Waals surface area (Å²) in [4.78, 5) is 26.8. The molecule has 0 spiro atoms. The van der Waals surface area contributed by atoms with E-state index in [9.17, 15) is 14.0 Å². The Morgan fingerprint density at radius 1 is 1.25 bits per heavy atom. The van der Waals surface area contributed by atoms with Crippen LogP contribution in [0.15, 0.2) is 18.2 Å². The van der Waals surface area contributed by atoms with Crippen LogP contribution >= 0.6 is 11.6 Å². The first-order chi connectivity index (χ1) is 9.40. The molecule has 0 bridgehead atoms. The van der Waals surface area contributed by atoms with Crippen LogP contribution in [-0.4, -0.2) is 48.3 Å². The van der Waals surface area contributed by atoms with Gasteiger partial charge < -0.3 is 9.80 Å². The van der Waals surface area contributed by atoms with Gasteiger partial charge >= 0.3 is 0 Å². The Morgan fingerprint density at radius 2 is 1.85 bits per heavy atom. The lowest BCUT2D eigenvalue weighted by atomic mass is 10.2. The van der Waals surface area contributed by atoms with Crippen molar-refractivity contribution in [2.75, 3.05) is 26.7 Å². The molecule has 0 aliphatic heterocycles. The zero-order valence-electron chi connectivity index (χ0n) is 11.8. The molecule has 0 radical (unpaired) electrons. The maximum Gasteiger partial charge on any atom is 0.257 e. The highest BCUT2D eigenvalue weighted by atomic mass is 35.5. The quantitative estimate of drug-likeness (QED) is 0.838. The highest BCUT2D eigenvalue weighted by molar-refractivity contribution is 6.31. The molecular formula is C14H18ClFN2O2. The first-order valence-corrected chi connectivity index (χ1v) is 6.76. The summed E-state index contributed by atoms with van der Waals surface area (Å²) in [6.07, 6.45) is 0. The summed E-state index contributed by atoms with van der Waals surface area (Å²) in [6, 6.07) is 3.77. The fourth-order valence-electron chi connectivity index (χ4n) is 1.82. The monoisotopic (exact) mass is 300 g/mol. The van der Waals surface area contributed by atoms with Gasteiger partial charge in [0.15, 0.2) is 0 Å². The van der Waals surface area contributed by atoms with Gasteiger partial charge in [0.05, 0.1) is 12.1 Å². The van der Waals surface area contributed by atoms with Crippen molar-refractivity contribution < 1.29 is 14.0 Å². The molecule has 0 saturated carbocycles. The molecule has 0 aliphatic carbocycles. The zero-order valence-corrected chi connectivity index (χ0v) is 12.6. The smallest absolute Gasteiger partial charge is 0.257 e. The number of carbonyl (C=O) groups excluding carboxylic acids is 2. The molecule has 0 heterocycles. The average Bonchev–Trinajstić information content (AvgIpc) is 2.42. The van der Waals surface area contributed by atoms with Crippen molar-refractivity contribution in [3.05, 3.63) is 34.6 Å². The molecule has 0 fully saturated rings. The van der Waals surface area contributed by atoms with Gasteiger partial charge in [0.1, 0.15) is 5.82 Å². The van der Waals surface area contributed by atoms with Crippen molar-refractivity contribution >= 4 is 23.4 Å². The molecule has 4 nitrogen and oxygen atoms in total. The van der Waals surface area contributed by atoms with Gasteiger partial charge in [-0.05, 0) is 32.0 Å². The van der Waals surface area contributed by atoms with Crippen LogP contribution in [0.2, 0.25) is 5.02 Å². The van der Waals surface area contributed by atoms with E-state index in [0.29, 0.717) is 13.1 Å². The summed E-state index contributed by atoms with van der Waals surface area (Å²) in [6.45, 7) is 4.78. The third kappa shape index (κ3) is 3.93. The van der Waals surface area contributed by atoms with E-state index in [4.69, 9.17) is 11.6 Å². The first-order valence-electron chi connectivity index (χ1n) is 6.39. The Morgan fingerprint density at radius 3 is 2.40 bits per heavy atom. The summed E-state index contributed by atoms with van der Waals surface area (Å²) < 4.78 is 13.6. The molecule has 0 saturated heterocycles. The number of likely N-dealkylation sites (N-methyl/N-ethyl adjacent to an activating group) is 2. The minimum absolute atomic E-state index is 0.0908. The third-order valence-electron chi connectivity index (χ3n) is 2.99. The van der Waals surface area contributed by atoms with E-state index in [0.717, 1.165) is 6.07 Å². The summed E-state index contributed by atoms with van der Waals surface area (Å²) in [7, 11) is 1.46. The summed E-state index contributed by atoms with van der Waals surface area (Å²) in [5.41, 5.74) is -0.132. The van der Waals surface area contributed by atoms with Gasteiger partial charge in [-0.2, -0.15) is 0 Å². The Kier molecular flexibility index (Phi) is 5.95. The second kappa shape index (κ2) is 7.24. The number of halogens is 2. The third-order valence-corrected chi connectivity index (χ3v) is 3.23. The maximum atomic E-state index is 13.6. The number of nitrogens with zero attached hydrogens (tertiary/aromatic N) is 2. The van der Waals surface area contributed by atoms with Crippen LogP contribution in [0.25, 0.3) is 0 Å². The van der Waals surface area contributed by atoms with E-state index < -0.39 is 11.7 Å². The fourth-order valence-corrected chi connectivity index (χ4v) is 1.99. The average molecular weight is 301 g/mol. The van der Waals surface area contributed by atoms with Gasteiger partial charge in [-0.25, -0.2) is 4.39 Å². The Hall–Kier alpha value is -1.62. The summed E-state index contributed by atoms with van der Waals surface area (Å²) >= 11 is 5.75. The minimum atomic E-state index is -0.651. The van der Waals surface area contributed by atoms with E-state index in [2.05, 4.69) is 0 Å². The van der Waals surface area contributed by atoms with E-state index >= 15 is 0 Å². The number of benzene rings is 1. The van der Waals surface area contributed by atoms with Crippen molar-refractivity contribution in [1.29, 1.82) is 0 Å². The molecule has 0 atom stereocenters. The molecule has 0 aromatic heterocycles. The second-order valence-corrected chi connectivity index (χ2v) is 4.79. The molecule has 20 heavy (non-hydrogen) atoms. The highest BCUT2D eigenvalue weighted by Gasteiger charge is 2.20. The van der Waals surface area contributed by atoms with Crippen LogP contribution in [0.1, 0.15) is 24.2 Å². The van der Waals surface area contributed by atoms with Crippen LogP contribution in [-0.2, 0) is 4.79 Å². The lowest BCUT2D eigenvalue weighted by molar-refractivity contribution is -0.131. The largest absolute Gasteiger partial charge is 0.342 e. The minimum Gasteiger partial charge on any atom is -0.342 e. The van der Waals surface area contributed by atoms with Crippen molar-refractivity contribution in [1.82, 2.24) is 9.80 Å². The van der Waals surface area contributed by atoms with Gasteiger partial charge in [0.2, 0.25) is 5.91 Å². The molecule has 1 rings (SSSR count). The second-order valence-electron chi connectivity index (χ2n) is 4.35. The van der Waals surface area contributed by atoms with Crippen molar-refractivity contribution in [2.45, 2.75) is 13.8 Å². The van der Waals surface area contributed by atoms with Crippen molar-refractivity contribution in [2.24, 2.45) is 0 Å². The van der Waals surface area contributed by atoms with Gasteiger partial charge in [-0.15, -0.1) is 0 Å². The lowest BCUT2D eigenvalue weighted by Gasteiger charge is -2.23. The fraction of sp³-hybridized carbons (Fsp3) is 0.429. The van der Waals surface area contributed by atoms with E-state index in [1.54, 1.807) is 4.90 Å². The SMILES string of the molecule is CCN(CC)C(=O)CN(C)C(=O)c1cc(Cl)ccc1F. The van der Waals surface area contributed by atoms with Crippen LogP contribution in [0, 0.1) is 5.82 Å². The predicted molar refractivity (Wildman–Crippen MR) is 76.3 cm³/mol. The van der Waals surface area contributed by atoms with Crippen LogP contribution in [0.4, 0.5) is 4.39 Å². The normalized spacial score (nSPS) is 10.2. The number of carbonyl (C=O) groups is 2. The topological polar surface area (TPSA) is 40.6 Å². The standard InChI is InChI=1S/C14H18ClFN2O2/c1-4-18(5-2)13(19)9-17(3)14(20)11-8-10(15)6-7-12(11)16/h6-8H,4-5,9H2,1-3H3. The molecule has 2 amide bonds. The summed E-state index contributed by atoms with van der Waals surface area (Å²) in [5, 5.41) is 0.276. The Balaban J connectivity index is 2.82. The number of amides is 2. The van der Waals surface area contributed by atoms with Gasteiger partial charge in [0.25, 0.3) is 5.91 Å². The molecule has 110 valence electrons. The zero-order chi connectivity index (χ0) is 15.3. The molecule has 1 aromatic carbocycles. The Bertz CT molecular complexity index is 504. The maximum absolute atomic E-state index is 13.6. The van der Waals surface area contributed by atoms with E-state index in [1.165, 1.54) is 24.1 Å². The summed E-state index contributed by atoms with van der Waals surface area (Å²) in [5.74, 6) is -1.39. The molecule has 0 aliphatic rings. The lowest BCUT2D eigenvalue weighted by Crippen LogP contribution is -2.41. The highest BCUT2D eigenvalue weighted by Crippen LogP contribution is 2.16. The van der Waals surface area contributed by atoms with E-state index in [1.807, 2.05) is 13.8 Å². The number of hydrogen-bond donors (Lipinski definition) is 0. The van der Waals surface area contributed by atoms with Crippen LogP contribution in [0.3, 0.4) is 0 Å².